The summed E-state index contributed by atoms with van der Waals surface area (Å²) in [5.74, 6) is -1.61. The van der Waals surface area contributed by atoms with E-state index in [0.29, 0.717) is 30.2 Å². The second kappa shape index (κ2) is 12.5. The summed E-state index contributed by atoms with van der Waals surface area (Å²) in [5, 5.41) is 0.231. The van der Waals surface area contributed by atoms with E-state index in [1.165, 1.54) is 22.6 Å². The molecule has 4 aromatic rings. The number of aromatic nitrogens is 3. The fourth-order valence-corrected chi connectivity index (χ4v) is 4.55. The van der Waals surface area contributed by atoms with Gasteiger partial charge in [-0.3, -0.25) is 19.0 Å². The maximum atomic E-state index is 13.9. The van der Waals surface area contributed by atoms with Crippen molar-refractivity contribution >= 4 is 22.7 Å². The molecule has 220 valence electrons. The Hall–Kier alpha value is -4.61. The van der Waals surface area contributed by atoms with E-state index in [1.54, 1.807) is 43.3 Å². The Morgan fingerprint density at radius 1 is 1.10 bits per heavy atom. The number of halogens is 4. The number of carbonyl (C=O) groups is 2. The van der Waals surface area contributed by atoms with Gasteiger partial charge in [0.2, 0.25) is 5.91 Å². The molecule has 0 saturated heterocycles. The highest BCUT2D eigenvalue weighted by atomic mass is 19.4. The highest BCUT2D eigenvalue weighted by Crippen LogP contribution is 2.32. The van der Waals surface area contributed by atoms with E-state index in [2.05, 4.69) is 9.97 Å². The molecule has 0 spiro atoms. The maximum Gasteiger partial charge on any atom is 0.419 e. The highest BCUT2D eigenvalue weighted by Gasteiger charge is 2.35. The minimum absolute atomic E-state index is 0.0492. The van der Waals surface area contributed by atoms with Crippen LogP contribution >= 0.6 is 0 Å². The van der Waals surface area contributed by atoms with Gasteiger partial charge in [0.25, 0.3) is 5.56 Å². The minimum Gasteiger partial charge on any atom is -0.494 e. The van der Waals surface area contributed by atoms with Crippen molar-refractivity contribution in [3.63, 3.8) is 0 Å². The van der Waals surface area contributed by atoms with Gasteiger partial charge in [-0.15, -0.1) is 0 Å². The molecule has 0 N–H and O–H groups in total. The topological polar surface area (TPSA) is 94.4 Å². The number of pyridine rings is 1. The van der Waals surface area contributed by atoms with Crippen LogP contribution in [0.4, 0.5) is 17.6 Å². The average molecular weight is 585 g/mol. The predicted octanol–water partition coefficient (Wildman–Crippen LogP) is 5.45. The molecule has 0 saturated carbocycles. The molecule has 2 aromatic carbocycles. The van der Waals surface area contributed by atoms with Gasteiger partial charge in [0, 0.05) is 19.2 Å². The van der Waals surface area contributed by atoms with E-state index in [9.17, 15) is 31.9 Å². The van der Waals surface area contributed by atoms with E-state index in [1.807, 2.05) is 6.92 Å². The van der Waals surface area contributed by atoms with E-state index in [4.69, 9.17) is 4.74 Å². The van der Waals surface area contributed by atoms with Gasteiger partial charge in [-0.25, -0.2) is 14.4 Å². The van der Waals surface area contributed by atoms with Gasteiger partial charge in [-0.1, -0.05) is 6.07 Å². The number of fused-ring (bicyclic) bond motifs is 1. The zero-order valence-electron chi connectivity index (χ0n) is 23.1. The number of alkyl halides is 3. The van der Waals surface area contributed by atoms with Crippen molar-refractivity contribution in [2.75, 3.05) is 13.2 Å². The maximum absolute atomic E-state index is 13.9. The standard InChI is InChI=1S/C30H28F4N4O4/c1-4-42-22-10-8-21(9-11-22)38-28(36-27-23(29(38)41)6-5-14-35-27)19(3)37(15-13-18(2)39)26(40)17-20-7-12-25(31)24(16-20)30(32,33)34/h5-12,14,16,19H,4,13,15,17H2,1-3H3/t19-/m1/s1. The Morgan fingerprint density at radius 3 is 2.45 bits per heavy atom. The molecular formula is C30H28F4N4O4. The van der Waals surface area contributed by atoms with Crippen LogP contribution < -0.4 is 10.3 Å². The van der Waals surface area contributed by atoms with Crippen molar-refractivity contribution in [1.29, 1.82) is 0 Å². The summed E-state index contributed by atoms with van der Waals surface area (Å²) in [4.78, 5) is 49.3. The fourth-order valence-electron chi connectivity index (χ4n) is 4.55. The monoisotopic (exact) mass is 584 g/mol. The lowest BCUT2D eigenvalue weighted by atomic mass is 10.1. The molecule has 0 bridgehead atoms. The summed E-state index contributed by atoms with van der Waals surface area (Å²) < 4.78 is 60.6. The van der Waals surface area contributed by atoms with Gasteiger partial charge >= 0.3 is 6.18 Å². The Morgan fingerprint density at radius 2 is 1.81 bits per heavy atom. The molecule has 0 aliphatic rings. The minimum atomic E-state index is -4.94. The second-order valence-electron chi connectivity index (χ2n) is 9.62. The van der Waals surface area contributed by atoms with Crippen LogP contribution in [0.15, 0.2) is 65.6 Å². The molecule has 8 nitrogen and oxygen atoms in total. The molecule has 12 heteroatoms. The third kappa shape index (κ3) is 6.64. The Labute approximate surface area is 238 Å². The molecular weight excluding hydrogens is 556 g/mol. The first-order valence-electron chi connectivity index (χ1n) is 13.2. The smallest absolute Gasteiger partial charge is 0.419 e. The van der Waals surface area contributed by atoms with Gasteiger partial charge in [-0.2, -0.15) is 13.2 Å². The molecule has 42 heavy (non-hydrogen) atoms. The number of Topliss-reactive ketones (excluding diaryl/α,β-unsaturated/α-hetero) is 1. The molecule has 0 aliphatic carbocycles. The summed E-state index contributed by atoms with van der Waals surface area (Å²) in [7, 11) is 0. The number of ketones is 1. The predicted molar refractivity (Wildman–Crippen MR) is 147 cm³/mol. The van der Waals surface area contributed by atoms with E-state index < -0.39 is 41.5 Å². The lowest BCUT2D eigenvalue weighted by Crippen LogP contribution is -2.39. The molecule has 0 aliphatic heterocycles. The summed E-state index contributed by atoms with van der Waals surface area (Å²) in [6, 6.07) is 11.3. The summed E-state index contributed by atoms with van der Waals surface area (Å²) in [6.07, 6.45) is -4.03. The number of carbonyl (C=O) groups excluding carboxylic acids is 2. The van der Waals surface area contributed by atoms with Crippen LogP contribution in [0, 0.1) is 5.82 Å². The first-order valence-corrected chi connectivity index (χ1v) is 13.2. The molecule has 4 rings (SSSR count). The van der Waals surface area contributed by atoms with Crippen LogP contribution in [0.2, 0.25) is 0 Å². The second-order valence-corrected chi connectivity index (χ2v) is 9.62. The van der Waals surface area contributed by atoms with Crippen LogP contribution in [0.1, 0.15) is 50.2 Å². The number of benzene rings is 2. The third-order valence-corrected chi connectivity index (χ3v) is 6.63. The molecule has 1 amide bonds. The van der Waals surface area contributed by atoms with Crippen molar-refractivity contribution < 1.29 is 31.9 Å². The van der Waals surface area contributed by atoms with Gasteiger partial charge in [0.05, 0.1) is 35.7 Å². The van der Waals surface area contributed by atoms with Crippen molar-refractivity contribution in [1.82, 2.24) is 19.4 Å². The first-order chi connectivity index (χ1) is 19.9. The van der Waals surface area contributed by atoms with Gasteiger partial charge in [-0.05, 0) is 74.9 Å². The zero-order valence-corrected chi connectivity index (χ0v) is 23.1. The van der Waals surface area contributed by atoms with Crippen molar-refractivity contribution in [3.05, 3.63) is 93.9 Å². The Bertz CT molecular complexity index is 1670. The number of nitrogens with zero attached hydrogens (tertiary/aromatic N) is 4. The highest BCUT2D eigenvalue weighted by molar-refractivity contribution is 5.81. The number of ether oxygens (including phenoxy) is 1. The molecule has 0 radical (unpaired) electrons. The molecule has 1 atom stereocenters. The average Bonchev–Trinajstić information content (AvgIpc) is 2.94. The number of hydrogen-bond acceptors (Lipinski definition) is 6. The van der Waals surface area contributed by atoms with Crippen molar-refractivity contribution in [2.24, 2.45) is 0 Å². The van der Waals surface area contributed by atoms with Crippen LogP contribution in [0.3, 0.4) is 0 Å². The van der Waals surface area contributed by atoms with Crippen molar-refractivity contribution in [2.45, 2.75) is 45.8 Å². The lowest BCUT2D eigenvalue weighted by molar-refractivity contribution is -0.140. The SMILES string of the molecule is CCOc1ccc(-n2c([C@@H](C)N(CCC(C)=O)C(=O)Cc3ccc(F)c(C(F)(F)F)c3)nc3ncccc3c2=O)cc1. The van der Waals surface area contributed by atoms with Gasteiger partial charge in [0.15, 0.2) is 5.65 Å². The van der Waals surface area contributed by atoms with Crippen LogP contribution in [0.25, 0.3) is 16.7 Å². The van der Waals surface area contributed by atoms with E-state index in [0.717, 1.165) is 6.07 Å². The molecule has 0 unspecified atom stereocenters. The normalized spacial score (nSPS) is 12.3. The van der Waals surface area contributed by atoms with Gasteiger partial charge in [0.1, 0.15) is 23.2 Å². The summed E-state index contributed by atoms with van der Waals surface area (Å²) in [6.45, 7) is 5.13. The summed E-state index contributed by atoms with van der Waals surface area (Å²) >= 11 is 0. The van der Waals surface area contributed by atoms with Crippen molar-refractivity contribution in [3.8, 4) is 11.4 Å². The van der Waals surface area contributed by atoms with Crippen LogP contribution in [0.5, 0.6) is 5.75 Å². The van der Waals surface area contributed by atoms with E-state index >= 15 is 0 Å². The number of rotatable bonds is 10. The lowest BCUT2D eigenvalue weighted by Gasteiger charge is -2.30. The molecule has 2 heterocycles. The van der Waals surface area contributed by atoms with Crippen LogP contribution in [-0.2, 0) is 22.2 Å². The Balaban J connectivity index is 1.81. The van der Waals surface area contributed by atoms with Gasteiger partial charge < -0.3 is 9.64 Å². The zero-order chi connectivity index (χ0) is 30.6. The van der Waals surface area contributed by atoms with Crippen LogP contribution in [-0.4, -0.2) is 44.3 Å². The summed E-state index contributed by atoms with van der Waals surface area (Å²) in [5.41, 5.74) is -1.44. The number of amides is 1. The Kier molecular flexibility index (Phi) is 9.03. The third-order valence-electron chi connectivity index (χ3n) is 6.63. The molecule has 0 fully saturated rings. The first kappa shape index (κ1) is 30.4. The largest absolute Gasteiger partial charge is 0.494 e. The molecule has 2 aromatic heterocycles. The fraction of sp³-hybridized carbons (Fsp3) is 0.300. The number of hydrogen-bond donors (Lipinski definition) is 0. The quantitative estimate of drug-likeness (QED) is 0.230. The van der Waals surface area contributed by atoms with E-state index in [-0.39, 0.29) is 41.2 Å².